The summed E-state index contributed by atoms with van der Waals surface area (Å²) in [5, 5.41) is 0. The fourth-order valence-corrected chi connectivity index (χ4v) is 2.44. The fraction of sp³-hybridized carbons (Fsp3) is 0.500. The zero-order valence-corrected chi connectivity index (χ0v) is 10.1. The van der Waals surface area contributed by atoms with E-state index in [1.165, 1.54) is 0 Å². The molecule has 0 aliphatic heterocycles. The van der Waals surface area contributed by atoms with Crippen molar-refractivity contribution in [1.29, 1.82) is 0 Å². The highest BCUT2D eigenvalue weighted by Gasteiger charge is 2.34. The maximum atomic E-state index is 13.6. The minimum atomic E-state index is -0.201. The number of Topliss-reactive ketones (excluding diaryl/α,β-unsaturated/α-hetero) is 1. The highest BCUT2D eigenvalue weighted by molar-refractivity contribution is 5.99. The van der Waals surface area contributed by atoms with Crippen LogP contribution in [0.2, 0.25) is 0 Å². The summed E-state index contributed by atoms with van der Waals surface area (Å²) in [6.45, 7) is 5.92. The average Bonchev–Trinajstić information content (AvgIpc) is 2.27. The molecule has 0 N–H and O–H groups in total. The fourth-order valence-electron chi connectivity index (χ4n) is 2.44. The molecule has 1 unspecified atom stereocenters. The van der Waals surface area contributed by atoms with E-state index in [-0.39, 0.29) is 17.0 Å². The molecule has 86 valence electrons. The predicted molar refractivity (Wildman–Crippen MR) is 62.3 cm³/mol. The highest BCUT2D eigenvalue weighted by Crippen LogP contribution is 2.40. The second-order valence-corrected chi connectivity index (χ2v) is 4.98. The molecule has 0 radical (unpaired) electrons. The summed E-state index contributed by atoms with van der Waals surface area (Å²) >= 11 is 0. The largest absolute Gasteiger partial charge is 0.294 e. The van der Waals surface area contributed by atoms with E-state index in [2.05, 4.69) is 13.8 Å². The van der Waals surface area contributed by atoms with E-state index in [1.807, 2.05) is 0 Å². The number of halogens is 1. The van der Waals surface area contributed by atoms with Gasteiger partial charge in [0.1, 0.15) is 5.82 Å². The number of carbonyl (C=O) groups excluding carboxylic acids is 1. The third kappa shape index (κ3) is 1.57. The predicted octanol–water partition coefficient (Wildman–Crippen LogP) is 3.78. The van der Waals surface area contributed by atoms with E-state index in [0.29, 0.717) is 12.0 Å². The summed E-state index contributed by atoms with van der Waals surface area (Å²) in [5.74, 6) is -0.0443. The normalized spacial score (nSPS) is 24.4. The van der Waals surface area contributed by atoms with Crippen molar-refractivity contribution in [2.24, 2.45) is 0 Å². The van der Waals surface area contributed by atoms with Crippen LogP contribution in [-0.2, 0) is 5.41 Å². The van der Waals surface area contributed by atoms with Crippen molar-refractivity contribution >= 4 is 5.78 Å². The molecule has 1 nitrogen and oxygen atoms in total. The van der Waals surface area contributed by atoms with Crippen molar-refractivity contribution < 1.29 is 9.18 Å². The Bertz CT molecular complexity index is 450. The van der Waals surface area contributed by atoms with Gasteiger partial charge in [-0.05, 0) is 48.4 Å². The van der Waals surface area contributed by atoms with E-state index in [0.717, 1.165) is 24.0 Å². The first-order valence-electron chi connectivity index (χ1n) is 5.82. The van der Waals surface area contributed by atoms with Gasteiger partial charge in [-0.3, -0.25) is 4.79 Å². The lowest BCUT2D eigenvalue weighted by Gasteiger charge is -2.34. The van der Waals surface area contributed by atoms with Gasteiger partial charge in [-0.25, -0.2) is 4.39 Å². The lowest BCUT2D eigenvalue weighted by molar-refractivity contribution is 0.0953. The van der Waals surface area contributed by atoms with Gasteiger partial charge in [-0.2, -0.15) is 0 Å². The number of ketones is 1. The Morgan fingerprint density at radius 3 is 2.75 bits per heavy atom. The molecule has 1 aromatic rings. The summed E-state index contributed by atoms with van der Waals surface area (Å²) in [4.78, 5) is 11.8. The van der Waals surface area contributed by atoms with Crippen LogP contribution in [0.1, 0.15) is 54.6 Å². The Morgan fingerprint density at radius 2 is 2.12 bits per heavy atom. The first kappa shape index (κ1) is 11.3. The molecule has 0 spiro atoms. The maximum Gasteiger partial charge on any atom is 0.163 e. The van der Waals surface area contributed by atoms with Crippen LogP contribution in [-0.4, -0.2) is 5.78 Å². The quantitative estimate of drug-likeness (QED) is 0.704. The topological polar surface area (TPSA) is 17.1 Å². The number of fused-ring (bicyclic) bond motifs is 1. The van der Waals surface area contributed by atoms with Crippen LogP contribution in [0.15, 0.2) is 12.1 Å². The third-order valence-corrected chi connectivity index (χ3v) is 3.93. The van der Waals surface area contributed by atoms with Gasteiger partial charge in [0.2, 0.25) is 0 Å². The number of hydrogen-bond acceptors (Lipinski definition) is 1. The zero-order chi connectivity index (χ0) is 11.9. The van der Waals surface area contributed by atoms with Crippen LogP contribution in [0.3, 0.4) is 0 Å². The molecular weight excluding hydrogens is 203 g/mol. The highest BCUT2D eigenvalue weighted by atomic mass is 19.1. The van der Waals surface area contributed by atoms with Gasteiger partial charge in [0.25, 0.3) is 0 Å². The Balaban J connectivity index is 2.66. The Hall–Kier alpha value is -1.18. The van der Waals surface area contributed by atoms with Gasteiger partial charge < -0.3 is 0 Å². The minimum Gasteiger partial charge on any atom is -0.294 e. The van der Waals surface area contributed by atoms with E-state index < -0.39 is 0 Å². The van der Waals surface area contributed by atoms with Gasteiger partial charge in [0.15, 0.2) is 5.78 Å². The third-order valence-electron chi connectivity index (χ3n) is 3.93. The van der Waals surface area contributed by atoms with Crippen LogP contribution >= 0.6 is 0 Å². The van der Waals surface area contributed by atoms with Crippen LogP contribution in [0.5, 0.6) is 0 Å². The first-order chi connectivity index (χ1) is 7.48. The SMILES string of the molecule is CCC1(C)CCC(=O)c2cc(C)c(F)cc21. The lowest BCUT2D eigenvalue weighted by Crippen LogP contribution is -2.30. The number of aryl methyl sites for hydroxylation is 1. The van der Waals surface area contributed by atoms with Crippen LogP contribution in [0.4, 0.5) is 4.39 Å². The molecule has 2 heteroatoms. The molecule has 1 aliphatic carbocycles. The zero-order valence-electron chi connectivity index (χ0n) is 10.1. The molecule has 0 saturated heterocycles. The summed E-state index contributed by atoms with van der Waals surface area (Å²) in [7, 11) is 0. The smallest absolute Gasteiger partial charge is 0.163 e. The van der Waals surface area contributed by atoms with Crippen molar-refractivity contribution in [3.63, 3.8) is 0 Å². The molecule has 1 atom stereocenters. The van der Waals surface area contributed by atoms with E-state index in [4.69, 9.17) is 0 Å². The molecule has 0 saturated carbocycles. The standard InChI is InChI=1S/C14H17FO/c1-4-14(3)6-5-13(16)10-7-9(2)12(15)8-11(10)14/h7-8H,4-6H2,1-3H3. The molecule has 0 heterocycles. The van der Waals surface area contributed by atoms with Gasteiger partial charge in [0, 0.05) is 12.0 Å². The molecule has 2 rings (SSSR count). The van der Waals surface area contributed by atoms with E-state index >= 15 is 0 Å². The summed E-state index contributed by atoms with van der Waals surface area (Å²) < 4.78 is 13.6. The molecule has 1 aromatic carbocycles. The molecule has 0 bridgehead atoms. The molecule has 0 amide bonds. The van der Waals surface area contributed by atoms with Crippen molar-refractivity contribution in [3.8, 4) is 0 Å². The van der Waals surface area contributed by atoms with E-state index in [9.17, 15) is 9.18 Å². The van der Waals surface area contributed by atoms with Crippen molar-refractivity contribution in [3.05, 3.63) is 34.6 Å². The lowest BCUT2D eigenvalue weighted by atomic mass is 9.69. The van der Waals surface area contributed by atoms with Crippen LogP contribution in [0, 0.1) is 12.7 Å². The summed E-state index contributed by atoms with van der Waals surface area (Å²) in [6, 6.07) is 3.27. The Labute approximate surface area is 95.7 Å². The maximum absolute atomic E-state index is 13.6. The van der Waals surface area contributed by atoms with Gasteiger partial charge in [-0.15, -0.1) is 0 Å². The second-order valence-electron chi connectivity index (χ2n) is 4.98. The Kier molecular flexibility index (Phi) is 2.61. The number of carbonyl (C=O) groups is 1. The summed E-state index contributed by atoms with van der Waals surface area (Å²) in [5.41, 5.74) is 2.15. The number of benzene rings is 1. The van der Waals surface area contributed by atoms with Crippen molar-refractivity contribution in [2.75, 3.05) is 0 Å². The van der Waals surface area contributed by atoms with Crippen LogP contribution in [0.25, 0.3) is 0 Å². The molecule has 1 aliphatic rings. The monoisotopic (exact) mass is 220 g/mol. The van der Waals surface area contributed by atoms with Gasteiger partial charge >= 0.3 is 0 Å². The number of rotatable bonds is 1. The van der Waals surface area contributed by atoms with E-state index in [1.54, 1.807) is 19.1 Å². The number of hydrogen-bond donors (Lipinski definition) is 0. The van der Waals surface area contributed by atoms with Crippen LogP contribution < -0.4 is 0 Å². The average molecular weight is 220 g/mol. The van der Waals surface area contributed by atoms with Crippen molar-refractivity contribution in [2.45, 2.75) is 45.4 Å². The first-order valence-corrected chi connectivity index (χ1v) is 5.82. The second kappa shape index (κ2) is 3.69. The summed E-state index contributed by atoms with van der Waals surface area (Å²) in [6.07, 6.45) is 2.36. The Morgan fingerprint density at radius 1 is 1.44 bits per heavy atom. The van der Waals surface area contributed by atoms with Gasteiger partial charge in [0.05, 0.1) is 0 Å². The van der Waals surface area contributed by atoms with Crippen molar-refractivity contribution in [1.82, 2.24) is 0 Å². The van der Waals surface area contributed by atoms with Gasteiger partial charge in [-0.1, -0.05) is 13.8 Å². The molecule has 0 fully saturated rings. The molecular formula is C14H17FO. The molecule has 0 aromatic heterocycles. The minimum absolute atomic E-state index is 0.0439. The molecule has 16 heavy (non-hydrogen) atoms.